The van der Waals surface area contributed by atoms with Gasteiger partial charge in [0.2, 0.25) is 0 Å². The molecule has 3 heterocycles. The average Bonchev–Trinajstić information content (AvgIpc) is 3.55. The second-order valence-corrected chi connectivity index (χ2v) is 8.20. The molecular weight excluding hydrogens is 418 g/mol. The second-order valence-electron chi connectivity index (χ2n) is 8.20. The fourth-order valence-electron chi connectivity index (χ4n) is 3.39. The number of benzene rings is 1. The minimum atomic E-state index is -0.296. The zero-order valence-electron chi connectivity index (χ0n) is 18.3. The summed E-state index contributed by atoms with van der Waals surface area (Å²) in [5, 5.41) is 11.0. The summed E-state index contributed by atoms with van der Waals surface area (Å²) < 4.78 is 7.77. The topological polar surface area (TPSA) is 108 Å². The molecule has 9 nitrogen and oxygen atoms in total. The number of hydrogen-bond acceptors (Lipinski definition) is 7. The molecule has 166 valence electrons. The van der Waals surface area contributed by atoms with Crippen LogP contribution in [0.25, 0.3) is 11.5 Å². The summed E-state index contributed by atoms with van der Waals surface area (Å²) in [6, 6.07) is 12.5. The summed E-state index contributed by atoms with van der Waals surface area (Å²) in [7, 11) is 0. The molecule has 9 heteroatoms. The van der Waals surface area contributed by atoms with Crippen LogP contribution in [0.4, 0.5) is 5.82 Å². The highest BCUT2D eigenvalue weighted by molar-refractivity contribution is 6.04. The minimum Gasteiger partial charge on any atom is -0.454 e. The van der Waals surface area contributed by atoms with Gasteiger partial charge in [-0.15, -0.1) is 10.2 Å². The van der Waals surface area contributed by atoms with Gasteiger partial charge in [-0.3, -0.25) is 4.79 Å². The Morgan fingerprint density at radius 3 is 2.64 bits per heavy atom. The van der Waals surface area contributed by atoms with Crippen LogP contribution in [0.5, 0.6) is 11.5 Å². The molecule has 1 aliphatic rings. The van der Waals surface area contributed by atoms with Crippen molar-refractivity contribution in [2.24, 2.45) is 0 Å². The molecule has 33 heavy (non-hydrogen) atoms. The van der Waals surface area contributed by atoms with E-state index in [0.29, 0.717) is 40.3 Å². The number of ether oxygens (including phenoxy) is 1. The molecule has 0 radical (unpaired) electrons. The number of aromatic nitrogens is 6. The summed E-state index contributed by atoms with van der Waals surface area (Å²) in [5.41, 5.74) is 1.08. The first-order valence-corrected chi connectivity index (χ1v) is 10.8. The van der Waals surface area contributed by atoms with Crippen molar-refractivity contribution >= 4 is 11.7 Å². The Morgan fingerprint density at radius 1 is 1.09 bits per heavy atom. The van der Waals surface area contributed by atoms with Crippen LogP contribution in [0.3, 0.4) is 0 Å². The van der Waals surface area contributed by atoms with Crippen molar-refractivity contribution in [3.63, 3.8) is 0 Å². The van der Waals surface area contributed by atoms with Crippen molar-refractivity contribution in [1.29, 1.82) is 0 Å². The largest absolute Gasteiger partial charge is 0.454 e. The number of anilines is 1. The van der Waals surface area contributed by atoms with E-state index in [9.17, 15) is 4.79 Å². The fourth-order valence-corrected chi connectivity index (χ4v) is 3.39. The molecule has 1 fully saturated rings. The number of carbonyl (C=O) groups is 1. The summed E-state index contributed by atoms with van der Waals surface area (Å²) in [4.78, 5) is 26.1. The number of pyridine rings is 1. The van der Waals surface area contributed by atoms with E-state index in [4.69, 9.17) is 4.74 Å². The van der Waals surface area contributed by atoms with E-state index in [2.05, 4.69) is 30.5 Å². The molecule has 1 amide bonds. The quantitative estimate of drug-likeness (QED) is 0.445. The Bertz CT molecular complexity index is 1280. The molecule has 0 aliphatic heterocycles. The Labute approximate surface area is 190 Å². The first kappa shape index (κ1) is 20.7. The van der Waals surface area contributed by atoms with E-state index in [1.807, 2.05) is 30.5 Å². The van der Waals surface area contributed by atoms with Crippen LogP contribution in [0, 0.1) is 0 Å². The van der Waals surface area contributed by atoms with Crippen molar-refractivity contribution in [2.45, 2.75) is 38.6 Å². The molecule has 4 aromatic rings. The SMILES string of the molecule is CC(C)n1cnnc1-c1cccc(NC(=O)c2cccc(Oc3cnc(C4CC4)nc3)c2)n1. The lowest BCUT2D eigenvalue weighted by atomic mass is 10.2. The maximum Gasteiger partial charge on any atom is 0.256 e. The van der Waals surface area contributed by atoms with E-state index >= 15 is 0 Å². The third kappa shape index (κ3) is 4.72. The first-order chi connectivity index (χ1) is 16.1. The number of nitrogens with zero attached hydrogens (tertiary/aromatic N) is 6. The monoisotopic (exact) mass is 441 g/mol. The van der Waals surface area contributed by atoms with E-state index in [-0.39, 0.29) is 11.9 Å². The van der Waals surface area contributed by atoms with E-state index < -0.39 is 0 Å². The predicted octanol–water partition coefficient (Wildman–Crippen LogP) is 4.63. The van der Waals surface area contributed by atoms with Crippen molar-refractivity contribution in [2.75, 3.05) is 5.32 Å². The first-order valence-electron chi connectivity index (χ1n) is 10.8. The van der Waals surface area contributed by atoms with Gasteiger partial charge in [0, 0.05) is 17.5 Å². The van der Waals surface area contributed by atoms with Crippen LogP contribution >= 0.6 is 0 Å². The van der Waals surface area contributed by atoms with Gasteiger partial charge in [-0.25, -0.2) is 15.0 Å². The highest BCUT2D eigenvalue weighted by Crippen LogP contribution is 2.38. The van der Waals surface area contributed by atoms with Crippen molar-refractivity contribution < 1.29 is 9.53 Å². The molecule has 0 unspecified atom stereocenters. The zero-order chi connectivity index (χ0) is 22.8. The summed E-state index contributed by atoms with van der Waals surface area (Å²) in [6.45, 7) is 4.09. The number of carbonyl (C=O) groups excluding carboxylic acids is 1. The maximum absolute atomic E-state index is 12.9. The molecule has 1 aromatic carbocycles. The summed E-state index contributed by atoms with van der Waals surface area (Å²) in [5.74, 6) is 3.17. The molecule has 0 atom stereocenters. The van der Waals surface area contributed by atoms with Gasteiger partial charge in [-0.1, -0.05) is 12.1 Å². The lowest BCUT2D eigenvalue weighted by Crippen LogP contribution is -2.13. The number of nitrogens with one attached hydrogen (secondary N) is 1. The second kappa shape index (κ2) is 8.78. The molecule has 0 saturated heterocycles. The van der Waals surface area contributed by atoms with Crippen LogP contribution in [0.15, 0.2) is 61.2 Å². The zero-order valence-corrected chi connectivity index (χ0v) is 18.3. The van der Waals surface area contributed by atoms with Gasteiger partial charge in [-0.2, -0.15) is 0 Å². The molecular formula is C24H23N7O2. The standard InChI is InChI=1S/C24H23N7O2/c1-15(2)31-14-27-30-23(31)20-7-4-8-21(28-20)29-24(32)17-5-3-6-18(11-17)33-19-12-25-22(26-13-19)16-9-10-16/h3-8,11-16H,9-10H2,1-2H3,(H,28,29,32). The Hall–Kier alpha value is -4.14. The van der Waals surface area contributed by atoms with Crippen LogP contribution < -0.4 is 10.1 Å². The van der Waals surface area contributed by atoms with Crippen LogP contribution in [-0.2, 0) is 0 Å². The maximum atomic E-state index is 12.9. The van der Waals surface area contributed by atoms with Crippen molar-refractivity contribution in [3.05, 3.63) is 72.6 Å². The van der Waals surface area contributed by atoms with Crippen molar-refractivity contribution in [3.8, 4) is 23.0 Å². The minimum absolute atomic E-state index is 0.188. The molecule has 5 rings (SSSR count). The summed E-state index contributed by atoms with van der Waals surface area (Å²) >= 11 is 0. The third-order valence-corrected chi connectivity index (χ3v) is 5.27. The van der Waals surface area contributed by atoms with Crippen LogP contribution in [0.1, 0.15) is 54.8 Å². The number of rotatable bonds is 7. The molecule has 1 saturated carbocycles. The van der Waals surface area contributed by atoms with Crippen LogP contribution in [-0.4, -0.2) is 35.6 Å². The molecule has 0 spiro atoms. The van der Waals surface area contributed by atoms with Crippen LogP contribution in [0.2, 0.25) is 0 Å². The Balaban J connectivity index is 1.29. The smallest absolute Gasteiger partial charge is 0.256 e. The summed E-state index contributed by atoms with van der Waals surface area (Å²) in [6.07, 6.45) is 7.29. The number of hydrogen-bond donors (Lipinski definition) is 1. The van der Waals surface area contributed by atoms with Gasteiger partial charge in [0.1, 0.15) is 29.4 Å². The van der Waals surface area contributed by atoms with E-state index in [0.717, 1.165) is 18.7 Å². The molecule has 0 bridgehead atoms. The Morgan fingerprint density at radius 2 is 1.88 bits per heavy atom. The van der Waals surface area contributed by atoms with Gasteiger partial charge < -0.3 is 14.6 Å². The predicted molar refractivity (Wildman–Crippen MR) is 122 cm³/mol. The highest BCUT2D eigenvalue weighted by atomic mass is 16.5. The number of amides is 1. The van der Waals surface area contributed by atoms with Gasteiger partial charge in [0.25, 0.3) is 5.91 Å². The van der Waals surface area contributed by atoms with Gasteiger partial charge >= 0.3 is 0 Å². The van der Waals surface area contributed by atoms with Gasteiger partial charge in [-0.05, 0) is 57.0 Å². The molecule has 3 aromatic heterocycles. The highest BCUT2D eigenvalue weighted by Gasteiger charge is 2.26. The fraction of sp³-hybridized carbons (Fsp3) is 0.250. The van der Waals surface area contributed by atoms with E-state index in [1.54, 1.807) is 49.1 Å². The van der Waals surface area contributed by atoms with Gasteiger partial charge in [0.15, 0.2) is 11.6 Å². The lowest BCUT2D eigenvalue weighted by Gasteiger charge is -2.11. The van der Waals surface area contributed by atoms with Crippen molar-refractivity contribution in [1.82, 2.24) is 29.7 Å². The molecule has 1 N–H and O–H groups in total. The lowest BCUT2D eigenvalue weighted by molar-refractivity contribution is 0.102. The Kier molecular flexibility index (Phi) is 5.52. The normalized spacial score (nSPS) is 13.2. The molecule has 1 aliphatic carbocycles. The average molecular weight is 441 g/mol. The van der Waals surface area contributed by atoms with Gasteiger partial charge in [0.05, 0.1) is 12.4 Å². The van der Waals surface area contributed by atoms with E-state index in [1.165, 1.54) is 0 Å². The third-order valence-electron chi connectivity index (χ3n) is 5.27.